The minimum atomic E-state index is -0.958. The van der Waals surface area contributed by atoms with E-state index in [0.717, 1.165) is 0 Å². The van der Waals surface area contributed by atoms with E-state index in [4.69, 9.17) is 0 Å². The average molecular weight is 131 g/mol. The third-order valence-corrected chi connectivity index (χ3v) is 0.412. The summed E-state index contributed by atoms with van der Waals surface area (Å²) in [4.78, 5) is 14.1. The Morgan fingerprint density at radius 3 is 2.67 bits per heavy atom. The predicted molar refractivity (Wildman–Crippen MR) is 30.5 cm³/mol. The molecule has 0 unspecified atom stereocenters. The Bertz CT molecular complexity index is 132. The molecule has 0 saturated carbocycles. The number of oxime groups is 1. The number of nitrogens with two attached hydrogens (primary N) is 1. The maximum absolute atomic E-state index is 9.91. The number of nitrogens with zero attached hydrogens (tertiary/aromatic N) is 1. The molecule has 0 aromatic heterocycles. The molecule has 0 saturated heterocycles. The summed E-state index contributed by atoms with van der Waals surface area (Å²) >= 11 is 0. The highest BCUT2D eigenvalue weighted by atomic mass is 16.6. The Morgan fingerprint density at radius 2 is 2.33 bits per heavy atom. The summed E-state index contributed by atoms with van der Waals surface area (Å²) in [7, 11) is 1.30. The first-order valence-electron chi connectivity index (χ1n) is 2.07. The van der Waals surface area contributed by atoms with Crippen LogP contribution in [0.5, 0.6) is 0 Å². The number of carbonyl (C=O) groups excluding carboxylic acids is 1. The van der Waals surface area contributed by atoms with Crippen LogP contribution < -0.4 is 5.73 Å². The lowest BCUT2D eigenvalue weighted by atomic mass is 10.8. The summed E-state index contributed by atoms with van der Waals surface area (Å²) in [5, 5.41) is 3.15. The molecule has 0 aliphatic rings. The van der Waals surface area contributed by atoms with E-state index in [9.17, 15) is 4.79 Å². The highest BCUT2D eigenvalue weighted by Crippen LogP contribution is 1.79. The SMILES string of the molecule is [CH2]C(=NOC)OC(N)=O. The van der Waals surface area contributed by atoms with Gasteiger partial charge in [-0.15, -0.1) is 0 Å². The normalized spacial score (nSPS) is 10.7. The van der Waals surface area contributed by atoms with Gasteiger partial charge in [-0.1, -0.05) is 5.16 Å². The molecule has 2 N–H and O–H groups in total. The van der Waals surface area contributed by atoms with Crippen LogP contribution in [0.25, 0.3) is 0 Å². The lowest BCUT2D eigenvalue weighted by Gasteiger charge is -1.95. The van der Waals surface area contributed by atoms with Crippen LogP contribution in [0.15, 0.2) is 5.16 Å². The number of hydrogen-bond donors (Lipinski definition) is 1. The van der Waals surface area contributed by atoms with Crippen molar-refractivity contribution in [3.63, 3.8) is 0 Å². The fraction of sp³-hybridized carbons (Fsp3) is 0.250. The Balaban J connectivity index is 3.62. The van der Waals surface area contributed by atoms with Crippen LogP contribution in [0, 0.1) is 6.92 Å². The molecular formula is C4H7N2O3. The quantitative estimate of drug-likeness (QED) is 0.306. The second kappa shape index (κ2) is 3.71. The Morgan fingerprint density at radius 1 is 1.78 bits per heavy atom. The number of rotatable bonds is 1. The van der Waals surface area contributed by atoms with Crippen LogP contribution in [0.3, 0.4) is 0 Å². The number of primary amides is 1. The van der Waals surface area contributed by atoms with E-state index in [1.165, 1.54) is 7.11 Å². The number of ether oxygens (including phenoxy) is 1. The largest absolute Gasteiger partial charge is 0.411 e. The van der Waals surface area contributed by atoms with Gasteiger partial charge in [0.15, 0.2) is 0 Å². The van der Waals surface area contributed by atoms with Gasteiger partial charge in [0.2, 0.25) is 5.90 Å². The standard InChI is InChI=1S/C4H7N2O3/c1-3(6-8-2)9-4(5)7/h1H2,2H3,(H2,5,7). The molecule has 0 aromatic rings. The topological polar surface area (TPSA) is 73.9 Å². The summed E-state index contributed by atoms with van der Waals surface area (Å²) in [6.45, 7) is 3.17. The summed E-state index contributed by atoms with van der Waals surface area (Å²) < 4.78 is 4.14. The second-order valence-corrected chi connectivity index (χ2v) is 1.09. The van der Waals surface area contributed by atoms with Crippen molar-refractivity contribution in [1.82, 2.24) is 0 Å². The molecule has 0 spiro atoms. The summed E-state index contributed by atoms with van der Waals surface area (Å²) in [5.74, 6) is -0.162. The van der Waals surface area contributed by atoms with Gasteiger partial charge in [0.05, 0.1) is 0 Å². The molecule has 0 aliphatic carbocycles. The molecule has 9 heavy (non-hydrogen) atoms. The Kier molecular flexibility index (Phi) is 3.19. The molecule has 0 rings (SSSR count). The number of amides is 1. The first kappa shape index (κ1) is 7.74. The lowest BCUT2D eigenvalue weighted by Crippen LogP contribution is -2.16. The van der Waals surface area contributed by atoms with Crippen molar-refractivity contribution in [3.05, 3.63) is 6.92 Å². The van der Waals surface area contributed by atoms with Crippen molar-refractivity contribution in [2.24, 2.45) is 10.9 Å². The second-order valence-electron chi connectivity index (χ2n) is 1.09. The molecule has 0 bridgehead atoms. The molecule has 0 aromatic carbocycles. The highest BCUT2D eigenvalue weighted by molar-refractivity contribution is 5.89. The van der Waals surface area contributed by atoms with Crippen LogP contribution in [0.4, 0.5) is 4.79 Å². The van der Waals surface area contributed by atoms with Gasteiger partial charge in [-0.05, 0) is 0 Å². The zero-order chi connectivity index (χ0) is 7.28. The van der Waals surface area contributed by atoms with Gasteiger partial charge in [0.25, 0.3) is 0 Å². The maximum atomic E-state index is 9.91. The van der Waals surface area contributed by atoms with Crippen LogP contribution in [0.2, 0.25) is 0 Å². The zero-order valence-electron chi connectivity index (χ0n) is 4.96. The van der Waals surface area contributed by atoms with E-state index in [0.29, 0.717) is 0 Å². The highest BCUT2D eigenvalue weighted by Gasteiger charge is 1.95. The van der Waals surface area contributed by atoms with Gasteiger partial charge in [-0.2, -0.15) is 0 Å². The van der Waals surface area contributed by atoms with Crippen molar-refractivity contribution < 1.29 is 14.4 Å². The first-order chi connectivity index (χ1) is 4.16. The van der Waals surface area contributed by atoms with E-state index in [-0.39, 0.29) is 5.90 Å². The average Bonchev–Trinajstić information content (AvgIpc) is 1.63. The Hall–Kier alpha value is -1.26. The zero-order valence-corrected chi connectivity index (χ0v) is 4.96. The van der Waals surface area contributed by atoms with Crippen LogP contribution in [-0.2, 0) is 9.57 Å². The third kappa shape index (κ3) is 4.60. The molecule has 0 atom stereocenters. The van der Waals surface area contributed by atoms with Crippen LogP contribution in [-0.4, -0.2) is 19.1 Å². The van der Waals surface area contributed by atoms with Gasteiger partial charge in [-0.25, -0.2) is 4.79 Å². The molecule has 5 nitrogen and oxygen atoms in total. The van der Waals surface area contributed by atoms with E-state index >= 15 is 0 Å². The molecule has 0 aliphatic heterocycles. The summed E-state index contributed by atoms with van der Waals surface area (Å²) in [6, 6.07) is 0. The smallest absolute Gasteiger partial charge is 0.396 e. The van der Waals surface area contributed by atoms with Crippen LogP contribution in [0.1, 0.15) is 0 Å². The number of hydrogen-bond acceptors (Lipinski definition) is 4. The van der Waals surface area contributed by atoms with Gasteiger partial charge < -0.3 is 15.3 Å². The van der Waals surface area contributed by atoms with E-state index < -0.39 is 6.09 Å². The van der Waals surface area contributed by atoms with Crippen molar-refractivity contribution in [2.75, 3.05) is 7.11 Å². The monoisotopic (exact) mass is 131 g/mol. The fourth-order valence-corrected chi connectivity index (χ4v) is 0.237. The van der Waals surface area contributed by atoms with Gasteiger partial charge in [0, 0.05) is 6.92 Å². The van der Waals surface area contributed by atoms with E-state index in [1.54, 1.807) is 0 Å². The third-order valence-electron chi connectivity index (χ3n) is 0.412. The molecule has 5 heteroatoms. The van der Waals surface area contributed by atoms with Crippen molar-refractivity contribution in [2.45, 2.75) is 0 Å². The molecule has 51 valence electrons. The van der Waals surface area contributed by atoms with E-state index in [2.05, 4.69) is 27.4 Å². The molecule has 0 fully saturated rings. The Labute approximate surface area is 52.4 Å². The van der Waals surface area contributed by atoms with Crippen molar-refractivity contribution >= 4 is 12.0 Å². The van der Waals surface area contributed by atoms with Crippen molar-refractivity contribution in [3.8, 4) is 0 Å². The van der Waals surface area contributed by atoms with Gasteiger partial charge >= 0.3 is 6.09 Å². The lowest BCUT2D eigenvalue weighted by molar-refractivity contribution is 0.186. The minimum Gasteiger partial charge on any atom is -0.396 e. The minimum absolute atomic E-state index is 0.162. The summed E-state index contributed by atoms with van der Waals surface area (Å²) in [5.41, 5.74) is 4.59. The van der Waals surface area contributed by atoms with E-state index in [1.807, 2.05) is 0 Å². The molecule has 1 radical (unpaired) electrons. The summed E-state index contributed by atoms with van der Waals surface area (Å²) in [6.07, 6.45) is -0.958. The van der Waals surface area contributed by atoms with Gasteiger partial charge in [0.1, 0.15) is 7.11 Å². The molecule has 1 amide bonds. The number of carbonyl (C=O) groups is 1. The first-order valence-corrected chi connectivity index (χ1v) is 2.07. The maximum Gasteiger partial charge on any atom is 0.411 e. The van der Waals surface area contributed by atoms with Crippen molar-refractivity contribution in [1.29, 1.82) is 0 Å². The molecule has 0 heterocycles. The predicted octanol–water partition coefficient (Wildman–Crippen LogP) is -0.124. The fourth-order valence-electron chi connectivity index (χ4n) is 0.237. The van der Waals surface area contributed by atoms with Crippen LogP contribution >= 0.6 is 0 Å². The van der Waals surface area contributed by atoms with Gasteiger partial charge in [-0.3, -0.25) is 0 Å². The molecular weight excluding hydrogens is 124 g/mol.